The number of tetrazole rings is 1. The number of carboxylic acid groups (broad SMARTS) is 1. The van der Waals surface area contributed by atoms with Gasteiger partial charge >= 0.3 is 6.09 Å². The van der Waals surface area contributed by atoms with Crippen molar-refractivity contribution < 1.29 is 14.7 Å². The molecule has 9 heteroatoms. The maximum Gasteiger partial charge on any atom is 0.405 e. The van der Waals surface area contributed by atoms with Gasteiger partial charge in [-0.05, 0) is 55.1 Å². The molecule has 6 aromatic rings. The summed E-state index contributed by atoms with van der Waals surface area (Å²) in [5.41, 5.74) is 2.98. The highest BCUT2D eigenvalue weighted by Crippen LogP contribution is 2.22. The van der Waals surface area contributed by atoms with Crippen LogP contribution in [-0.4, -0.2) is 43.4 Å². The zero-order valence-corrected chi connectivity index (χ0v) is 24.0. The summed E-state index contributed by atoms with van der Waals surface area (Å²) in [5, 5.41) is 31.9. The fraction of sp³-hybridized carbons (Fsp3) is 0.171. The Kier molecular flexibility index (Phi) is 8.54. The van der Waals surface area contributed by atoms with Gasteiger partial charge in [-0.15, -0.1) is 5.10 Å². The predicted octanol–water partition coefficient (Wildman–Crippen LogP) is 5.50. The molecule has 5 aromatic carbocycles. The molecular formula is C35H32N6O3. The highest BCUT2D eigenvalue weighted by Gasteiger charge is 2.28. The number of aromatic nitrogens is 4. The second-order valence-electron chi connectivity index (χ2n) is 10.8. The van der Waals surface area contributed by atoms with E-state index in [-0.39, 0.29) is 6.42 Å². The molecule has 0 spiro atoms. The van der Waals surface area contributed by atoms with E-state index < -0.39 is 24.1 Å². The molecule has 0 bridgehead atoms. The number of rotatable bonds is 11. The number of carbonyl (C=O) groups is 2. The highest BCUT2D eigenvalue weighted by molar-refractivity contribution is 5.87. The summed E-state index contributed by atoms with van der Waals surface area (Å²) in [6.45, 7) is 0.518. The van der Waals surface area contributed by atoms with E-state index in [9.17, 15) is 14.7 Å². The van der Waals surface area contributed by atoms with Crippen LogP contribution in [0.2, 0.25) is 0 Å². The first-order valence-electron chi connectivity index (χ1n) is 14.6. The molecule has 1 heterocycles. The van der Waals surface area contributed by atoms with Crippen molar-refractivity contribution in [2.24, 2.45) is 0 Å². The molecule has 6 rings (SSSR count). The number of carbonyl (C=O) groups excluding carboxylic acids is 1. The van der Waals surface area contributed by atoms with E-state index in [2.05, 4.69) is 44.4 Å². The van der Waals surface area contributed by atoms with Gasteiger partial charge in [0.15, 0.2) is 5.82 Å². The summed E-state index contributed by atoms with van der Waals surface area (Å²) in [4.78, 5) is 25.6. The van der Waals surface area contributed by atoms with Crippen LogP contribution in [0.5, 0.6) is 0 Å². The minimum atomic E-state index is -1.27. The second kappa shape index (κ2) is 13.2. The van der Waals surface area contributed by atoms with Crippen LogP contribution in [0.4, 0.5) is 4.79 Å². The lowest BCUT2D eigenvalue weighted by molar-refractivity contribution is -0.123. The lowest BCUT2D eigenvalue weighted by atomic mass is 9.99. The van der Waals surface area contributed by atoms with Crippen LogP contribution < -0.4 is 10.6 Å². The highest BCUT2D eigenvalue weighted by atomic mass is 16.4. The molecule has 0 radical (unpaired) electrons. The van der Waals surface area contributed by atoms with Crippen molar-refractivity contribution in [3.63, 3.8) is 0 Å². The van der Waals surface area contributed by atoms with Crippen molar-refractivity contribution in [3.05, 3.63) is 138 Å². The van der Waals surface area contributed by atoms with E-state index in [0.717, 1.165) is 38.2 Å². The van der Waals surface area contributed by atoms with E-state index in [1.807, 2.05) is 97.1 Å². The fourth-order valence-corrected chi connectivity index (χ4v) is 5.54. The van der Waals surface area contributed by atoms with Crippen LogP contribution >= 0.6 is 0 Å². The van der Waals surface area contributed by atoms with E-state index in [1.54, 1.807) is 4.68 Å². The number of amides is 2. The van der Waals surface area contributed by atoms with Gasteiger partial charge in [0, 0.05) is 19.4 Å². The van der Waals surface area contributed by atoms with Crippen molar-refractivity contribution in [1.29, 1.82) is 0 Å². The van der Waals surface area contributed by atoms with Crippen LogP contribution in [0.25, 0.3) is 21.5 Å². The molecule has 0 unspecified atom stereocenters. The summed E-state index contributed by atoms with van der Waals surface area (Å²) in [6.07, 6.45) is 0.0355. The van der Waals surface area contributed by atoms with E-state index in [4.69, 9.17) is 0 Å². The van der Waals surface area contributed by atoms with Gasteiger partial charge in [0.25, 0.3) is 0 Å². The molecule has 0 aliphatic carbocycles. The van der Waals surface area contributed by atoms with E-state index in [0.29, 0.717) is 25.2 Å². The van der Waals surface area contributed by atoms with Gasteiger partial charge in [-0.2, -0.15) is 0 Å². The van der Waals surface area contributed by atoms with Gasteiger partial charge < -0.3 is 15.7 Å². The molecule has 0 saturated carbocycles. The van der Waals surface area contributed by atoms with Gasteiger partial charge in [-0.25, -0.2) is 9.48 Å². The molecule has 0 aliphatic heterocycles. The molecule has 2 atom stereocenters. The summed E-state index contributed by atoms with van der Waals surface area (Å²) >= 11 is 0. The Morgan fingerprint density at radius 1 is 0.682 bits per heavy atom. The van der Waals surface area contributed by atoms with Gasteiger partial charge in [0.1, 0.15) is 6.04 Å². The third-order valence-corrected chi connectivity index (χ3v) is 7.76. The Morgan fingerprint density at radius 3 is 1.91 bits per heavy atom. The summed E-state index contributed by atoms with van der Waals surface area (Å²) in [6, 6.07) is 36.5. The molecular weight excluding hydrogens is 552 g/mol. The van der Waals surface area contributed by atoms with Crippen LogP contribution in [-0.2, 0) is 30.6 Å². The number of hydrogen-bond donors (Lipinski definition) is 3. The molecule has 9 nitrogen and oxygen atoms in total. The van der Waals surface area contributed by atoms with Gasteiger partial charge in [0.2, 0.25) is 5.91 Å². The number of nitrogens with zero attached hydrogens (tertiary/aromatic N) is 4. The van der Waals surface area contributed by atoms with Gasteiger partial charge in [0.05, 0.1) is 6.04 Å². The van der Waals surface area contributed by atoms with Crippen molar-refractivity contribution in [1.82, 2.24) is 30.8 Å². The Hall–Kier alpha value is -5.57. The Bertz CT molecular complexity index is 1910. The Balaban J connectivity index is 1.28. The molecule has 0 fully saturated rings. The average molecular weight is 585 g/mol. The van der Waals surface area contributed by atoms with E-state index in [1.165, 1.54) is 0 Å². The quantitative estimate of drug-likeness (QED) is 0.185. The van der Waals surface area contributed by atoms with E-state index >= 15 is 0 Å². The summed E-state index contributed by atoms with van der Waals surface area (Å²) in [7, 11) is 0. The standard InChI is InChI=1S/C35H32N6O3/c42-34(32(37-35(43)44)23-26-15-17-28-11-5-7-13-30(28)21-26)36-31(22-25-14-16-27-10-4-6-12-29(27)20-25)33-38-39-40-41(33)19-18-24-8-2-1-3-9-24/h1-17,20-21,31-32,37H,18-19,22-23H2,(H,36,42)(H,43,44)/t31-,32-/m1/s1. The van der Waals surface area contributed by atoms with Crippen molar-refractivity contribution in [2.75, 3.05) is 0 Å². The molecule has 220 valence electrons. The van der Waals surface area contributed by atoms with Gasteiger partial charge in [-0.3, -0.25) is 4.79 Å². The van der Waals surface area contributed by atoms with Crippen LogP contribution in [0, 0.1) is 0 Å². The first-order chi connectivity index (χ1) is 21.5. The normalized spacial score (nSPS) is 12.5. The smallest absolute Gasteiger partial charge is 0.405 e. The van der Waals surface area contributed by atoms with Crippen molar-refractivity contribution >= 4 is 33.5 Å². The van der Waals surface area contributed by atoms with Crippen LogP contribution in [0.3, 0.4) is 0 Å². The Morgan fingerprint density at radius 2 is 1.27 bits per heavy atom. The largest absolute Gasteiger partial charge is 0.465 e. The molecule has 44 heavy (non-hydrogen) atoms. The topological polar surface area (TPSA) is 122 Å². The predicted molar refractivity (Wildman–Crippen MR) is 169 cm³/mol. The molecule has 1 aromatic heterocycles. The first-order valence-corrected chi connectivity index (χ1v) is 14.6. The third kappa shape index (κ3) is 6.90. The maximum atomic E-state index is 13.8. The molecule has 0 saturated heterocycles. The minimum absolute atomic E-state index is 0.185. The first kappa shape index (κ1) is 28.5. The lowest BCUT2D eigenvalue weighted by Gasteiger charge is -2.23. The number of fused-ring (bicyclic) bond motifs is 2. The maximum absolute atomic E-state index is 13.8. The minimum Gasteiger partial charge on any atom is -0.465 e. The molecule has 2 amide bonds. The van der Waals surface area contributed by atoms with Crippen LogP contribution in [0.1, 0.15) is 28.6 Å². The summed E-state index contributed by atoms with van der Waals surface area (Å²) < 4.78 is 1.71. The number of aryl methyl sites for hydroxylation is 2. The molecule has 3 N–H and O–H groups in total. The fourth-order valence-electron chi connectivity index (χ4n) is 5.54. The average Bonchev–Trinajstić information content (AvgIpc) is 3.52. The Labute approximate surface area is 254 Å². The van der Waals surface area contributed by atoms with Crippen molar-refractivity contribution in [3.8, 4) is 0 Å². The SMILES string of the molecule is O=C(O)N[C@H](Cc1ccc2ccccc2c1)C(=O)N[C@H](Cc1ccc2ccccc2c1)c1nnnn1CCc1ccccc1. The zero-order valence-electron chi connectivity index (χ0n) is 24.0. The van der Waals surface area contributed by atoms with Crippen molar-refractivity contribution in [2.45, 2.75) is 37.9 Å². The third-order valence-electron chi connectivity index (χ3n) is 7.76. The lowest BCUT2D eigenvalue weighted by Crippen LogP contribution is -2.49. The monoisotopic (exact) mass is 584 g/mol. The number of benzene rings is 5. The molecule has 0 aliphatic rings. The number of nitrogens with one attached hydrogen (secondary N) is 2. The van der Waals surface area contributed by atoms with Gasteiger partial charge in [-0.1, -0.05) is 115 Å². The van der Waals surface area contributed by atoms with Crippen LogP contribution in [0.15, 0.2) is 115 Å². The number of hydrogen-bond acceptors (Lipinski definition) is 5. The zero-order chi connectivity index (χ0) is 30.3. The summed E-state index contributed by atoms with van der Waals surface area (Å²) in [5.74, 6) is 0.0474. The second-order valence-corrected chi connectivity index (χ2v) is 10.8.